The van der Waals surface area contributed by atoms with Gasteiger partial charge in [-0.05, 0) is 92.3 Å². The molecule has 1 aliphatic heterocycles. The van der Waals surface area contributed by atoms with E-state index in [1.807, 2.05) is 68.4 Å². The van der Waals surface area contributed by atoms with Crippen molar-refractivity contribution >= 4 is 18.1 Å². The fourth-order valence-corrected chi connectivity index (χ4v) is 9.29. The molecule has 61 heavy (non-hydrogen) atoms. The third-order valence-electron chi connectivity index (χ3n) is 11.8. The maximum absolute atomic E-state index is 14.4. The first kappa shape index (κ1) is 45.5. The van der Waals surface area contributed by atoms with Gasteiger partial charge >= 0.3 is 6.09 Å². The average Bonchev–Trinajstić information content (AvgIpc) is 3.28. The number of aliphatic hydroxyl groups excluding tert-OH is 2. The van der Waals surface area contributed by atoms with Crippen molar-refractivity contribution in [3.8, 4) is 17.2 Å². The van der Waals surface area contributed by atoms with E-state index in [0.29, 0.717) is 67.5 Å². The van der Waals surface area contributed by atoms with Crippen molar-refractivity contribution in [1.29, 1.82) is 0 Å². The van der Waals surface area contributed by atoms with Crippen molar-refractivity contribution in [2.24, 2.45) is 22.9 Å². The van der Waals surface area contributed by atoms with Gasteiger partial charge in [0.05, 0.1) is 31.5 Å². The molecule has 0 radical (unpaired) electrons. The van der Waals surface area contributed by atoms with Crippen LogP contribution in [0.4, 0.5) is 4.79 Å². The third kappa shape index (κ3) is 10.9. The Labute approximate surface area is 360 Å². The van der Waals surface area contributed by atoms with E-state index in [0.717, 1.165) is 48.7 Å². The van der Waals surface area contributed by atoms with Gasteiger partial charge in [0.15, 0.2) is 0 Å². The first-order valence-corrected chi connectivity index (χ1v) is 21.9. The molecule has 0 aromatic heterocycles. The number of hydrogen-bond donors (Lipinski definition) is 2. The summed E-state index contributed by atoms with van der Waals surface area (Å²) in [7, 11) is 0. The number of allylic oxidation sites excluding steroid dienone is 1. The zero-order valence-corrected chi connectivity index (χ0v) is 35.6. The molecule has 0 spiro atoms. The molecule has 3 aliphatic rings. The molecule has 0 bridgehead atoms. The highest BCUT2D eigenvalue weighted by molar-refractivity contribution is 6.03. The van der Waals surface area contributed by atoms with Crippen LogP contribution in [0.5, 0.6) is 17.2 Å². The molecule has 328 valence electrons. The molecule has 2 N–H and O–H groups in total. The third-order valence-corrected chi connectivity index (χ3v) is 11.8. The van der Waals surface area contributed by atoms with Gasteiger partial charge in [0.1, 0.15) is 42.8 Å². The molecule has 3 aromatic rings. The molecule has 6 rings (SSSR count). The Hall–Kier alpha value is -5.01. The number of amides is 1. The van der Waals surface area contributed by atoms with Crippen molar-refractivity contribution in [1.82, 2.24) is 4.90 Å². The molecule has 6 atom stereocenters. The van der Waals surface area contributed by atoms with Gasteiger partial charge in [-0.2, -0.15) is 0 Å². The smallest absolute Gasteiger partial charge is 0.410 e. The molecule has 0 saturated heterocycles. The highest BCUT2D eigenvalue weighted by atomic mass is 16.7. The van der Waals surface area contributed by atoms with Gasteiger partial charge in [-0.25, -0.2) is 4.79 Å². The zero-order chi connectivity index (χ0) is 43.0. The minimum Gasteiger partial charge on any atom is -0.459 e. The number of carbonyl (C=O) groups is 2. The number of unbranched alkanes of at least 4 members (excludes halogenated alkanes) is 2. The van der Waals surface area contributed by atoms with Crippen LogP contribution in [0.1, 0.15) is 92.6 Å². The topological polar surface area (TPSA) is 146 Å². The molecular weight excluding hydrogens is 777 g/mol. The van der Waals surface area contributed by atoms with Crippen LogP contribution in [0.25, 0.3) is 0 Å². The second-order valence-corrected chi connectivity index (χ2v) is 15.8. The summed E-state index contributed by atoms with van der Waals surface area (Å²) in [6, 6.07) is 21.9. The lowest BCUT2D eigenvalue weighted by Crippen LogP contribution is -2.70. The summed E-state index contributed by atoms with van der Waals surface area (Å²) >= 11 is 0. The Morgan fingerprint density at radius 1 is 0.967 bits per heavy atom. The summed E-state index contributed by atoms with van der Waals surface area (Å²) in [4.78, 5) is 33.6. The average molecular weight is 839 g/mol. The number of oxime groups is 1. The summed E-state index contributed by atoms with van der Waals surface area (Å²) < 4.78 is 32.6. The summed E-state index contributed by atoms with van der Waals surface area (Å²) in [5.74, 6) is -0.273. The van der Waals surface area contributed by atoms with Crippen molar-refractivity contribution in [3.63, 3.8) is 0 Å². The monoisotopic (exact) mass is 838 g/mol. The van der Waals surface area contributed by atoms with E-state index >= 15 is 0 Å². The van der Waals surface area contributed by atoms with Gasteiger partial charge in [-0.3, -0.25) is 9.69 Å². The summed E-state index contributed by atoms with van der Waals surface area (Å²) in [5.41, 5.74) is 4.12. The minimum atomic E-state index is -1.41. The fraction of sp³-hybridized carbons (Fsp3) is 0.490. The van der Waals surface area contributed by atoms with Crippen molar-refractivity contribution in [2.45, 2.75) is 89.6 Å². The summed E-state index contributed by atoms with van der Waals surface area (Å²) in [5, 5.41) is 24.5. The molecular formula is C49H62N2O10. The lowest BCUT2D eigenvalue weighted by atomic mass is 9.55. The predicted octanol–water partition coefficient (Wildman–Crippen LogP) is 9.01. The molecule has 6 unspecified atom stereocenters. The molecule has 1 fully saturated rings. The van der Waals surface area contributed by atoms with Gasteiger partial charge in [-0.15, -0.1) is 6.58 Å². The van der Waals surface area contributed by atoms with Crippen LogP contribution in [-0.4, -0.2) is 91.2 Å². The number of rotatable bonds is 24. The fourth-order valence-electron chi connectivity index (χ4n) is 9.29. The van der Waals surface area contributed by atoms with Crippen LogP contribution in [0.15, 0.2) is 102 Å². The predicted molar refractivity (Wildman–Crippen MR) is 233 cm³/mol. The van der Waals surface area contributed by atoms with Crippen LogP contribution in [0.2, 0.25) is 0 Å². The van der Waals surface area contributed by atoms with E-state index in [2.05, 4.69) is 12.7 Å². The van der Waals surface area contributed by atoms with Gasteiger partial charge in [0.2, 0.25) is 5.79 Å². The normalized spacial score (nSPS) is 23.2. The molecule has 3 aromatic carbocycles. The van der Waals surface area contributed by atoms with Crippen LogP contribution >= 0.6 is 0 Å². The Balaban J connectivity index is 1.47. The highest BCUT2D eigenvalue weighted by Crippen LogP contribution is 2.62. The maximum Gasteiger partial charge on any atom is 0.410 e. The van der Waals surface area contributed by atoms with E-state index in [1.165, 1.54) is 0 Å². The first-order chi connectivity index (χ1) is 29.9. The Morgan fingerprint density at radius 2 is 1.75 bits per heavy atom. The van der Waals surface area contributed by atoms with Crippen molar-refractivity contribution < 1.29 is 48.3 Å². The largest absolute Gasteiger partial charge is 0.459 e. The molecule has 12 nitrogen and oxygen atoms in total. The van der Waals surface area contributed by atoms with E-state index in [-0.39, 0.29) is 57.2 Å². The van der Waals surface area contributed by atoms with E-state index in [4.69, 9.17) is 33.7 Å². The van der Waals surface area contributed by atoms with Crippen molar-refractivity contribution in [2.75, 3.05) is 46.2 Å². The second-order valence-electron chi connectivity index (χ2n) is 15.8. The molecule has 1 heterocycles. The quantitative estimate of drug-likeness (QED) is 0.0388. The number of aldehydes is 1. The molecule has 2 aliphatic carbocycles. The molecule has 1 amide bonds. The number of carbonyl (C=O) groups excluding carboxylic acids is 2. The Kier molecular flexibility index (Phi) is 17.0. The van der Waals surface area contributed by atoms with E-state index < -0.39 is 23.8 Å². The van der Waals surface area contributed by atoms with Gasteiger partial charge in [-0.1, -0.05) is 79.5 Å². The number of nitrogens with zero attached hydrogens (tertiary/aromatic N) is 2. The minimum absolute atomic E-state index is 0.0439. The number of fused-ring (bicyclic) bond motifs is 2. The second kappa shape index (κ2) is 22.7. The summed E-state index contributed by atoms with van der Waals surface area (Å²) in [6.45, 7) is 9.65. The number of hydrogen-bond acceptors (Lipinski definition) is 11. The lowest BCUT2D eigenvalue weighted by Gasteiger charge is -2.59. The number of benzene rings is 3. The maximum atomic E-state index is 14.4. The highest BCUT2D eigenvalue weighted by Gasteiger charge is 2.65. The standard InChI is InChI=1S/C49H62N2O10/c1-4-23-51(48(55)57-28-27-56-34-35-15-8-7-9-16-35)45-32-43(50-59-6-3)41-30-37(18-10-12-24-52)40(20-11-13-25-53)46-42-31-39(60-38-19-14-17-36(29-38)33-54)21-22-44(42)61-49(45,47(41)46)58-26-5-2/h5,7-9,14-17,19,21-22,29-31,33,37,40,45-47,52-53H,2,4,6,10-13,18,20,23-28,32,34H2,1,3H3. The SMILES string of the molecule is C=CCOC12Oc3ccc(Oc4cccc(C=O)c4)cc3C3C(CCCCO)C(CCCCO)C=C(C(=NOCC)CC1N(CCC)C(=O)OCCOCc1ccccc1)C32. The van der Waals surface area contributed by atoms with Gasteiger partial charge < -0.3 is 38.7 Å². The van der Waals surface area contributed by atoms with E-state index in [9.17, 15) is 19.8 Å². The van der Waals surface area contributed by atoms with E-state index in [1.54, 1.807) is 29.2 Å². The van der Waals surface area contributed by atoms with Crippen LogP contribution in [0.3, 0.4) is 0 Å². The lowest BCUT2D eigenvalue weighted by molar-refractivity contribution is -0.255. The number of ether oxygens (including phenoxy) is 5. The zero-order valence-electron chi connectivity index (χ0n) is 35.6. The van der Waals surface area contributed by atoms with Crippen LogP contribution < -0.4 is 9.47 Å². The van der Waals surface area contributed by atoms with Crippen LogP contribution in [-0.2, 0) is 25.7 Å². The Morgan fingerprint density at radius 3 is 2.49 bits per heavy atom. The first-order valence-electron chi connectivity index (χ1n) is 21.9. The van der Waals surface area contributed by atoms with Gasteiger partial charge in [0.25, 0.3) is 0 Å². The van der Waals surface area contributed by atoms with Crippen molar-refractivity contribution in [3.05, 3.63) is 114 Å². The molecule has 12 heteroatoms. The Bertz CT molecular complexity index is 1950. The number of aliphatic hydroxyl groups is 2. The summed E-state index contributed by atoms with van der Waals surface area (Å²) in [6.07, 6.45) is 9.77. The van der Waals surface area contributed by atoms with Gasteiger partial charge in [0, 0.05) is 43.2 Å². The van der Waals surface area contributed by atoms with Crippen LogP contribution in [0, 0.1) is 17.8 Å². The molecule has 1 saturated carbocycles.